The van der Waals surface area contributed by atoms with Crippen LogP contribution in [-0.2, 0) is 19.2 Å². The number of nitrogens with zero attached hydrogens (tertiary/aromatic N) is 2. The molecule has 0 aromatic carbocycles. The van der Waals surface area contributed by atoms with Gasteiger partial charge in [0.2, 0.25) is 11.8 Å². The Morgan fingerprint density at radius 3 is 1.42 bits per heavy atom. The van der Waals surface area contributed by atoms with Crippen LogP contribution < -0.4 is 0 Å². The van der Waals surface area contributed by atoms with Gasteiger partial charge >= 0.3 is 11.9 Å². The molecule has 2 fully saturated rings. The zero-order valence-electron chi connectivity index (χ0n) is 14.3. The predicted octanol–water partition coefficient (Wildman–Crippen LogP) is -1.36. The largest absolute Gasteiger partial charge is 0.480 e. The third-order valence-electron chi connectivity index (χ3n) is 4.93. The molecular weight excluding hydrogens is 348 g/mol. The van der Waals surface area contributed by atoms with Crippen LogP contribution >= 0.6 is 0 Å². The van der Waals surface area contributed by atoms with Crippen molar-refractivity contribution in [3.05, 3.63) is 0 Å². The van der Waals surface area contributed by atoms with E-state index in [1.54, 1.807) is 0 Å². The smallest absolute Gasteiger partial charge is 0.326 e. The molecule has 1 unspecified atom stereocenters. The molecule has 2 amide bonds. The summed E-state index contributed by atoms with van der Waals surface area (Å²) in [6, 6.07) is -1.87. The summed E-state index contributed by atoms with van der Waals surface area (Å²) < 4.78 is 0. The molecule has 4 N–H and O–H groups in total. The number of aliphatic hydroxyl groups is 2. The van der Waals surface area contributed by atoms with Crippen LogP contribution in [0.3, 0.4) is 0 Å². The van der Waals surface area contributed by atoms with Gasteiger partial charge in [-0.3, -0.25) is 9.59 Å². The maximum atomic E-state index is 12.2. The van der Waals surface area contributed by atoms with Crippen LogP contribution in [0, 0.1) is 0 Å². The molecule has 0 aliphatic carbocycles. The second-order valence-corrected chi connectivity index (χ2v) is 6.71. The summed E-state index contributed by atoms with van der Waals surface area (Å²) >= 11 is 0. The molecule has 26 heavy (non-hydrogen) atoms. The van der Waals surface area contributed by atoms with Gasteiger partial charge in [-0.2, -0.15) is 0 Å². The van der Waals surface area contributed by atoms with Crippen molar-refractivity contribution in [1.29, 1.82) is 0 Å². The Kier molecular flexibility index (Phi) is 6.54. The number of aliphatic hydroxyl groups excluding tert-OH is 2. The quantitative estimate of drug-likeness (QED) is 0.427. The highest BCUT2D eigenvalue weighted by molar-refractivity contribution is 5.85. The predicted molar refractivity (Wildman–Crippen MR) is 86.0 cm³/mol. The van der Waals surface area contributed by atoms with Gasteiger partial charge in [-0.15, -0.1) is 0 Å². The van der Waals surface area contributed by atoms with Crippen molar-refractivity contribution in [1.82, 2.24) is 9.80 Å². The zero-order chi connectivity index (χ0) is 19.4. The number of amides is 2. The summed E-state index contributed by atoms with van der Waals surface area (Å²) in [4.78, 5) is 48.9. The third kappa shape index (κ3) is 4.50. The fraction of sp³-hybridized carbons (Fsp3) is 0.750. The van der Waals surface area contributed by atoms with Crippen LogP contribution in [0.1, 0.15) is 38.5 Å². The normalized spacial score (nSPS) is 25.2. The molecule has 10 heteroatoms. The van der Waals surface area contributed by atoms with Crippen LogP contribution in [0.5, 0.6) is 0 Å². The Morgan fingerprint density at radius 1 is 0.769 bits per heavy atom. The zero-order valence-corrected chi connectivity index (χ0v) is 14.3. The number of hydrogen-bond donors (Lipinski definition) is 4. The molecular formula is C16H24N2O8. The molecule has 0 saturated carbocycles. The van der Waals surface area contributed by atoms with E-state index < -0.39 is 60.9 Å². The van der Waals surface area contributed by atoms with E-state index in [2.05, 4.69) is 0 Å². The van der Waals surface area contributed by atoms with E-state index in [1.807, 2.05) is 0 Å². The van der Waals surface area contributed by atoms with Crippen LogP contribution in [0.4, 0.5) is 0 Å². The molecule has 2 aliphatic heterocycles. The minimum Gasteiger partial charge on any atom is -0.480 e. The number of carbonyl (C=O) groups is 4. The van der Waals surface area contributed by atoms with E-state index in [1.165, 1.54) is 0 Å². The van der Waals surface area contributed by atoms with Gasteiger partial charge in [0.1, 0.15) is 12.1 Å². The average Bonchev–Trinajstić information content (AvgIpc) is 3.23. The van der Waals surface area contributed by atoms with Crippen molar-refractivity contribution in [2.24, 2.45) is 0 Å². The van der Waals surface area contributed by atoms with E-state index in [0.717, 1.165) is 9.80 Å². The van der Waals surface area contributed by atoms with Crippen LogP contribution in [0.2, 0.25) is 0 Å². The van der Waals surface area contributed by atoms with Crippen LogP contribution in [0.25, 0.3) is 0 Å². The highest BCUT2D eigenvalue weighted by atomic mass is 16.4. The molecule has 2 heterocycles. The van der Waals surface area contributed by atoms with Crippen LogP contribution in [0.15, 0.2) is 0 Å². The van der Waals surface area contributed by atoms with Crippen molar-refractivity contribution >= 4 is 23.8 Å². The number of likely N-dealkylation sites (tertiary alicyclic amines) is 2. The lowest BCUT2D eigenvalue weighted by molar-refractivity contribution is -0.151. The SMILES string of the molecule is O=C(O)C1CCCN1C(=O)C[C@H](O)[C@@H](O)CC(=O)N1CCC[C@@H]1C(=O)O. The summed E-state index contributed by atoms with van der Waals surface area (Å²) in [5.41, 5.74) is 0. The Morgan fingerprint density at radius 2 is 1.12 bits per heavy atom. The summed E-state index contributed by atoms with van der Waals surface area (Å²) in [6.07, 6.45) is -2.30. The Hall–Kier alpha value is -2.20. The lowest BCUT2D eigenvalue weighted by Crippen LogP contribution is -2.45. The summed E-state index contributed by atoms with van der Waals surface area (Å²) in [6.45, 7) is 0.539. The van der Waals surface area contributed by atoms with E-state index >= 15 is 0 Å². The van der Waals surface area contributed by atoms with Gasteiger partial charge in [0.05, 0.1) is 25.0 Å². The number of carboxylic acid groups (broad SMARTS) is 2. The fourth-order valence-electron chi connectivity index (χ4n) is 3.51. The second-order valence-electron chi connectivity index (χ2n) is 6.71. The first-order valence-electron chi connectivity index (χ1n) is 8.63. The number of rotatable bonds is 7. The standard InChI is InChI=1S/C16H24N2O8/c19-11(7-13(21)17-5-1-3-9(17)15(23)24)12(20)8-14(22)18-6-2-4-10(18)16(25)26/h9-12,19-20H,1-8H2,(H,23,24)(H,25,26)/t9-,10?,11+,12+/m1/s1. The van der Waals surface area contributed by atoms with Gasteiger partial charge < -0.3 is 30.2 Å². The molecule has 4 atom stereocenters. The van der Waals surface area contributed by atoms with Gasteiger partial charge in [0.15, 0.2) is 0 Å². The second kappa shape index (κ2) is 8.45. The Bertz CT molecular complexity index is 531. The number of carboxylic acids is 2. The number of carbonyl (C=O) groups excluding carboxylic acids is 2. The molecule has 10 nitrogen and oxygen atoms in total. The first kappa shape index (κ1) is 20.1. The molecule has 146 valence electrons. The van der Waals surface area contributed by atoms with Gasteiger partial charge in [-0.25, -0.2) is 9.59 Å². The van der Waals surface area contributed by atoms with Gasteiger partial charge in [-0.05, 0) is 25.7 Å². The Labute approximate surface area is 150 Å². The lowest BCUT2D eigenvalue weighted by atomic mass is 10.1. The maximum absolute atomic E-state index is 12.2. The molecule has 2 rings (SSSR count). The molecule has 0 spiro atoms. The summed E-state index contributed by atoms with van der Waals surface area (Å²) in [5.74, 6) is -3.43. The van der Waals surface area contributed by atoms with Gasteiger partial charge in [-0.1, -0.05) is 0 Å². The van der Waals surface area contributed by atoms with E-state index in [9.17, 15) is 29.4 Å². The monoisotopic (exact) mass is 372 g/mol. The minimum atomic E-state index is -1.53. The summed E-state index contributed by atoms with van der Waals surface area (Å²) in [7, 11) is 0. The fourth-order valence-corrected chi connectivity index (χ4v) is 3.51. The number of aliphatic carboxylic acids is 2. The summed E-state index contributed by atoms with van der Waals surface area (Å²) in [5, 5.41) is 38.2. The first-order valence-corrected chi connectivity index (χ1v) is 8.63. The van der Waals surface area contributed by atoms with Crippen molar-refractivity contribution in [3.63, 3.8) is 0 Å². The highest BCUT2D eigenvalue weighted by Gasteiger charge is 2.37. The lowest BCUT2D eigenvalue weighted by Gasteiger charge is -2.26. The van der Waals surface area contributed by atoms with Gasteiger partial charge in [0.25, 0.3) is 0 Å². The molecule has 0 bridgehead atoms. The van der Waals surface area contributed by atoms with Crippen LogP contribution in [-0.4, -0.2) is 91.4 Å². The molecule has 2 saturated heterocycles. The Balaban J connectivity index is 1.88. The van der Waals surface area contributed by atoms with E-state index in [4.69, 9.17) is 10.2 Å². The molecule has 2 aliphatic rings. The molecule has 0 radical (unpaired) electrons. The van der Waals surface area contributed by atoms with Crippen molar-refractivity contribution in [3.8, 4) is 0 Å². The molecule has 0 aromatic heterocycles. The average molecular weight is 372 g/mol. The minimum absolute atomic E-state index is 0.269. The topological polar surface area (TPSA) is 156 Å². The highest BCUT2D eigenvalue weighted by Crippen LogP contribution is 2.21. The van der Waals surface area contributed by atoms with Crippen molar-refractivity contribution < 1.29 is 39.6 Å². The molecule has 0 aromatic rings. The van der Waals surface area contributed by atoms with E-state index in [-0.39, 0.29) is 13.1 Å². The van der Waals surface area contributed by atoms with Crippen molar-refractivity contribution in [2.45, 2.75) is 62.8 Å². The van der Waals surface area contributed by atoms with E-state index in [0.29, 0.717) is 25.7 Å². The van der Waals surface area contributed by atoms with Crippen molar-refractivity contribution in [2.75, 3.05) is 13.1 Å². The number of hydrogen-bond acceptors (Lipinski definition) is 6. The first-order chi connectivity index (χ1) is 12.2. The third-order valence-corrected chi connectivity index (χ3v) is 4.93. The maximum Gasteiger partial charge on any atom is 0.326 e. The van der Waals surface area contributed by atoms with Gasteiger partial charge in [0, 0.05) is 13.1 Å².